The molecule has 1 atom stereocenters. The lowest BCUT2D eigenvalue weighted by molar-refractivity contribution is -0.174. The second kappa shape index (κ2) is 4.71. The number of hydrogen-bond acceptors (Lipinski definition) is 3. The van der Waals surface area contributed by atoms with Crippen molar-refractivity contribution in [1.82, 2.24) is 5.06 Å². The quantitative estimate of drug-likeness (QED) is 0.732. The van der Waals surface area contributed by atoms with E-state index in [0.717, 1.165) is 10.6 Å². The Morgan fingerprint density at radius 3 is 3.06 bits per heavy atom. The first-order valence-electron chi connectivity index (χ1n) is 5.34. The van der Waals surface area contributed by atoms with Gasteiger partial charge in [0.1, 0.15) is 18.2 Å². The highest BCUT2D eigenvalue weighted by Crippen LogP contribution is 2.28. The number of carbonyl (C=O) groups excluding carboxylic acids is 1. The molecule has 0 bridgehead atoms. The van der Waals surface area contributed by atoms with E-state index in [4.69, 9.17) is 9.57 Å². The first-order valence-corrected chi connectivity index (χ1v) is 5.34. The van der Waals surface area contributed by atoms with Crippen molar-refractivity contribution in [2.24, 2.45) is 5.92 Å². The van der Waals surface area contributed by atoms with Crippen molar-refractivity contribution in [3.8, 4) is 5.75 Å². The number of benzene rings is 1. The van der Waals surface area contributed by atoms with E-state index >= 15 is 0 Å². The average molecular weight is 239 g/mol. The van der Waals surface area contributed by atoms with Gasteiger partial charge >= 0.3 is 0 Å². The highest BCUT2D eigenvalue weighted by atomic mass is 19.1. The van der Waals surface area contributed by atoms with Gasteiger partial charge in [-0.1, -0.05) is 0 Å². The molecule has 1 aromatic carbocycles. The predicted molar refractivity (Wildman–Crippen MR) is 58.9 cm³/mol. The van der Waals surface area contributed by atoms with Gasteiger partial charge in [-0.15, -0.1) is 0 Å². The Morgan fingerprint density at radius 2 is 2.35 bits per heavy atom. The van der Waals surface area contributed by atoms with Crippen LogP contribution in [0.3, 0.4) is 0 Å². The molecule has 0 saturated carbocycles. The van der Waals surface area contributed by atoms with Crippen LogP contribution < -0.4 is 4.74 Å². The Balaban J connectivity index is 2.15. The maximum Gasteiger partial charge on any atom is 0.252 e. The lowest BCUT2D eigenvalue weighted by atomic mass is 9.96. The van der Waals surface area contributed by atoms with Gasteiger partial charge in [-0.2, -0.15) is 0 Å². The van der Waals surface area contributed by atoms with Gasteiger partial charge in [0.05, 0.1) is 13.0 Å². The maximum absolute atomic E-state index is 13.1. The monoisotopic (exact) mass is 239 g/mol. The average Bonchev–Trinajstić information content (AvgIpc) is 2.36. The van der Waals surface area contributed by atoms with Gasteiger partial charge in [0.2, 0.25) is 0 Å². The van der Waals surface area contributed by atoms with E-state index in [-0.39, 0.29) is 17.6 Å². The van der Waals surface area contributed by atoms with Crippen LogP contribution in [-0.4, -0.2) is 31.7 Å². The zero-order valence-electron chi connectivity index (χ0n) is 9.77. The summed E-state index contributed by atoms with van der Waals surface area (Å²) in [6.45, 7) is 0.297. The second-order valence-electron chi connectivity index (χ2n) is 3.98. The molecule has 0 spiro atoms. The number of rotatable bonds is 2. The van der Waals surface area contributed by atoms with E-state index in [1.807, 2.05) is 0 Å². The number of amides is 1. The summed E-state index contributed by atoms with van der Waals surface area (Å²) in [5.41, 5.74) is 0.721. The Morgan fingerprint density at radius 1 is 1.59 bits per heavy atom. The number of hydrogen-bond donors (Lipinski definition) is 0. The zero-order chi connectivity index (χ0) is 12.4. The van der Waals surface area contributed by atoms with Crippen LogP contribution in [0.4, 0.5) is 4.39 Å². The highest BCUT2D eigenvalue weighted by Gasteiger charge is 2.28. The molecule has 92 valence electrons. The third-order valence-corrected chi connectivity index (χ3v) is 2.86. The van der Waals surface area contributed by atoms with E-state index < -0.39 is 0 Å². The molecule has 17 heavy (non-hydrogen) atoms. The second-order valence-corrected chi connectivity index (χ2v) is 3.98. The molecule has 1 aliphatic rings. The van der Waals surface area contributed by atoms with Crippen molar-refractivity contribution >= 4 is 5.91 Å². The molecule has 0 aromatic heterocycles. The van der Waals surface area contributed by atoms with Crippen LogP contribution in [-0.2, 0) is 16.1 Å². The number of hydroxylamine groups is 2. The smallest absolute Gasteiger partial charge is 0.252 e. The summed E-state index contributed by atoms with van der Waals surface area (Å²) in [7, 11) is 2.97. The minimum absolute atomic E-state index is 0.164. The van der Waals surface area contributed by atoms with Crippen molar-refractivity contribution in [2.75, 3.05) is 20.8 Å². The SMILES string of the molecule is CON(C)C(=O)[C@H]1COc2ccc(F)cc2C1. The zero-order valence-corrected chi connectivity index (χ0v) is 9.77. The Labute approximate surface area is 98.9 Å². The fraction of sp³-hybridized carbons (Fsp3) is 0.417. The van der Waals surface area contributed by atoms with Crippen LogP contribution in [0.2, 0.25) is 0 Å². The Bertz CT molecular complexity index is 436. The number of halogens is 1. The van der Waals surface area contributed by atoms with Crippen molar-refractivity contribution in [1.29, 1.82) is 0 Å². The van der Waals surface area contributed by atoms with Crippen LogP contribution in [0.15, 0.2) is 18.2 Å². The first-order chi connectivity index (χ1) is 8.11. The third kappa shape index (κ3) is 2.39. The van der Waals surface area contributed by atoms with Gasteiger partial charge < -0.3 is 4.74 Å². The summed E-state index contributed by atoms with van der Waals surface area (Å²) in [4.78, 5) is 16.7. The Hall–Kier alpha value is -1.62. The predicted octanol–water partition coefficient (Wildman–Crippen LogP) is 1.40. The first kappa shape index (κ1) is 11.9. The number of carbonyl (C=O) groups is 1. The topological polar surface area (TPSA) is 38.8 Å². The van der Waals surface area contributed by atoms with Gasteiger partial charge in [-0.25, -0.2) is 9.45 Å². The molecule has 1 aliphatic heterocycles. The molecule has 1 aromatic rings. The summed E-state index contributed by atoms with van der Waals surface area (Å²) in [5, 5.41) is 1.16. The largest absolute Gasteiger partial charge is 0.492 e. The molecule has 0 unspecified atom stereocenters. The molecule has 0 radical (unpaired) electrons. The lowest BCUT2D eigenvalue weighted by Gasteiger charge is -2.27. The van der Waals surface area contributed by atoms with E-state index in [0.29, 0.717) is 18.8 Å². The number of nitrogens with zero attached hydrogens (tertiary/aromatic N) is 1. The van der Waals surface area contributed by atoms with E-state index in [1.54, 1.807) is 13.1 Å². The van der Waals surface area contributed by atoms with Gasteiger partial charge in [-0.3, -0.25) is 9.63 Å². The molecule has 0 saturated heterocycles. The summed E-state index contributed by atoms with van der Waals surface area (Å²) in [6, 6.07) is 4.34. The molecule has 1 amide bonds. The molecule has 0 aliphatic carbocycles. The van der Waals surface area contributed by atoms with Crippen molar-refractivity contribution in [3.63, 3.8) is 0 Å². The summed E-state index contributed by atoms with van der Waals surface area (Å²) in [5.74, 6) is -0.160. The van der Waals surface area contributed by atoms with Gasteiger partial charge in [0, 0.05) is 7.05 Å². The molecule has 4 nitrogen and oxygen atoms in total. The summed E-state index contributed by atoms with van der Waals surface area (Å²) < 4.78 is 18.5. The van der Waals surface area contributed by atoms with Crippen LogP contribution in [0, 0.1) is 11.7 Å². The fourth-order valence-electron chi connectivity index (χ4n) is 1.87. The van der Waals surface area contributed by atoms with Gasteiger partial charge in [-0.05, 0) is 30.2 Å². The summed E-state index contributed by atoms with van der Waals surface area (Å²) >= 11 is 0. The molecule has 0 fully saturated rings. The highest BCUT2D eigenvalue weighted by molar-refractivity contribution is 5.78. The van der Waals surface area contributed by atoms with Gasteiger partial charge in [0.25, 0.3) is 5.91 Å². The van der Waals surface area contributed by atoms with E-state index in [1.165, 1.54) is 19.2 Å². The minimum atomic E-state index is -0.325. The molecule has 5 heteroatoms. The fourth-order valence-corrected chi connectivity index (χ4v) is 1.87. The minimum Gasteiger partial charge on any atom is -0.492 e. The van der Waals surface area contributed by atoms with Gasteiger partial charge in [0.15, 0.2) is 0 Å². The molecular weight excluding hydrogens is 225 g/mol. The lowest BCUT2D eigenvalue weighted by Crippen LogP contribution is -2.38. The number of fused-ring (bicyclic) bond motifs is 1. The van der Waals surface area contributed by atoms with Crippen LogP contribution in [0.5, 0.6) is 5.75 Å². The summed E-state index contributed by atoms with van der Waals surface area (Å²) in [6.07, 6.45) is 0.472. The van der Waals surface area contributed by atoms with Crippen molar-refractivity contribution in [2.45, 2.75) is 6.42 Å². The standard InChI is InChI=1S/C12H14FNO3/c1-14(16-2)12(15)9-5-8-6-10(13)3-4-11(8)17-7-9/h3-4,6,9H,5,7H2,1-2H3/t9-/m1/s1. The van der Waals surface area contributed by atoms with Crippen LogP contribution in [0.25, 0.3) is 0 Å². The molecule has 1 heterocycles. The van der Waals surface area contributed by atoms with Crippen LogP contribution in [0.1, 0.15) is 5.56 Å². The number of ether oxygens (including phenoxy) is 1. The third-order valence-electron chi connectivity index (χ3n) is 2.86. The molecule has 0 N–H and O–H groups in total. The van der Waals surface area contributed by atoms with Crippen molar-refractivity contribution < 1.29 is 18.8 Å². The normalized spacial score (nSPS) is 18.2. The van der Waals surface area contributed by atoms with E-state index in [9.17, 15) is 9.18 Å². The Kier molecular flexibility index (Phi) is 3.28. The van der Waals surface area contributed by atoms with Crippen LogP contribution >= 0.6 is 0 Å². The maximum atomic E-state index is 13.1. The van der Waals surface area contributed by atoms with Crippen molar-refractivity contribution in [3.05, 3.63) is 29.6 Å². The molecule has 2 rings (SSSR count). The molecular formula is C12H14FNO3. The van der Waals surface area contributed by atoms with E-state index in [2.05, 4.69) is 0 Å².